The maximum Gasteiger partial charge on any atom is 0.0692 e. The number of aliphatic imine (C=N–C) groups is 4. The molecule has 0 unspecified atom stereocenters. The topological polar surface area (TPSA) is 58.7 Å². The van der Waals surface area contributed by atoms with Gasteiger partial charge in [0.15, 0.2) is 0 Å². The molecule has 0 aromatic heterocycles. The van der Waals surface area contributed by atoms with E-state index in [0.29, 0.717) is 0 Å². The number of ether oxygens (including phenoxy) is 1. The summed E-state index contributed by atoms with van der Waals surface area (Å²) in [6, 6.07) is 26.6. The van der Waals surface area contributed by atoms with Gasteiger partial charge in [0, 0.05) is 13.2 Å². The van der Waals surface area contributed by atoms with Crippen LogP contribution >= 0.6 is 0 Å². The minimum absolute atomic E-state index is 0.867. The highest BCUT2D eigenvalue weighted by Crippen LogP contribution is 2.31. The highest BCUT2D eigenvalue weighted by Gasteiger charge is 2.14. The van der Waals surface area contributed by atoms with Crippen LogP contribution in [-0.2, 0) is 11.2 Å². The van der Waals surface area contributed by atoms with Gasteiger partial charge in [0.05, 0.1) is 45.6 Å². The van der Waals surface area contributed by atoms with E-state index in [2.05, 4.69) is 184 Å². The number of rotatable bonds is 13. The molecule has 5 aromatic carbocycles. The van der Waals surface area contributed by atoms with Crippen molar-refractivity contribution in [1.29, 1.82) is 0 Å². The first-order valence-electron chi connectivity index (χ1n) is 24.1. The Morgan fingerprint density at radius 3 is 1.09 bits per heavy atom. The zero-order chi connectivity index (χ0) is 47.8. The number of unbranched alkanes of at least 4 members (excludes halogenated alkanes) is 1. The number of hydrogen-bond donors (Lipinski definition) is 0. The second-order valence-corrected chi connectivity index (χ2v) is 18.6. The summed E-state index contributed by atoms with van der Waals surface area (Å²) < 4.78 is 4.94. The summed E-state index contributed by atoms with van der Waals surface area (Å²) in [5.74, 6) is 0. The molecule has 0 N–H and O–H groups in total. The molecule has 1 heterocycles. The first kappa shape index (κ1) is 52.4. The summed E-state index contributed by atoms with van der Waals surface area (Å²) in [6.07, 6.45) is 8.58. The standard InChI is InChI=1S/C33H42N2.C23H30N2.C4H8O/c1-9-30(34-32-25(5)18-23(3)19-26(32)6)31(35-33-27(7)20-24(4)21-28(33)8)13-11-10-12-29-16-14-22(2)15-17-29;1-9-21(25-23-18(6)12-15(3)13-19(23)7)20(8)24-22-16(4)10-14(2)11-17(22)5;1-2-4-5-3-1/h14-21H,9-13H2,1-8H3;10-13H,9H2,1-8H3;1-4H2. The molecule has 6 rings (SSSR count). The van der Waals surface area contributed by atoms with Crippen LogP contribution in [0.1, 0.15) is 144 Å². The van der Waals surface area contributed by atoms with E-state index in [1.807, 2.05) is 0 Å². The monoisotopic (exact) mass is 873 g/mol. The van der Waals surface area contributed by atoms with Crippen LogP contribution in [0.15, 0.2) is 92.8 Å². The Kier molecular flexibility index (Phi) is 20.5. The lowest BCUT2D eigenvalue weighted by atomic mass is 10.00. The Bertz CT molecular complexity index is 2410. The summed E-state index contributed by atoms with van der Waals surface area (Å²) in [4.78, 5) is 20.4. The molecule has 1 aliphatic heterocycles. The molecule has 0 bridgehead atoms. The second kappa shape index (κ2) is 25.4. The minimum atomic E-state index is 0.867. The van der Waals surface area contributed by atoms with E-state index in [4.69, 9.17) is 24.7 Å². The molecule has 1 fully saturated rings. The molecule has 0 saturated carbocycles. The first-order chi connectivity index (χ1) is 30.9. The fourth-order valence-corrected chi connectivity index (χ4v) is 8.95. The Morgan fingerprint density at radius 2 is 0.754 bits per heavy atom. The fourth-order valence-electron chi connectivity index (χ4n) is 8.95. The van der Waals surface area contributed by atoms with Gasteiger partial charge >= 0.3 is 0 Å². The van der Waals surface area contributed by atoms with Gasteiger partial charge in [-0.15, -0.1) is 0 Å². The number of benzene rings is 5. The summed E-state index contributed by atoms with van der Waals surface area (Å²) in [7, 11) is 0. The van der Waals surface area contributed by atoms with E-state index in [1.165, 1.54) is 90.7 Å². The van der Waals surface area contributed by atoms with Gasteiger partial charge in [0.2, 0.25) is 0 Å². The third-order valence-corrected chi connectivity index (χ3v) is 12.1. The third kappa shape index (κ3) is 16.0. The third-order valence-electron chi connectivity index (χ3n) is 12.1. The van der Waals surface area contributed by atoms with Gasteiger partial charge in [-0.25, -0.2) is 0 Å². The lowest BCUT2D eigenvalue weighted by molar-refractivity contribution is 0.198. The molecule has 1 saturated heterocycles. The van der Waals surface area contributed by atoms with Crippen LogP contribution in [0.4, 0.5) is 22.7 Å². The lowest BCUT2D eigenvalue weighted by Crippen LogP contribution is -2.14. The minimum Gasteiger partial charge on any atom is -0.381 e. The van der Waals surface area contributed by atoms with Crippen LogP contribution in [-0.4, -0.2) is 36.1 Å². The van der Waals surface area contributed by atoms with Gasteiger partial charge in [0.25, 0.3) is 0 Å². The number of aryl methyl sites for hydroxylation is 14. The van der Waals surface area contributed by atoms with Gasteiger partial charge in [-0.2, -0.15) is 0 Å². The van der Waals surface area contributed by atoms with Crippen molar-refractivity contribution in [3.63, 3.8) is 0 Å². The van der Waals surface area contributed by atoms with Crippen molar-refractivity contribution in [3.8, 4) is 0 Å². The highest BCUT2D eigenvalue weighted by atomic mass is 16.5. The normalized spacial score (nSPS) is 13.4. The van der Waals surface area contributed by atoms with Crippen molar-refractivity contribution in [2.45, 2.75) is 162 Å². The molecule has 346 valence electrons. The summed E-state index contributed by atoms with van der Waals surface area (Å²) in [6.45, 7) is 36.3. The van der Waals surface area contributed by atoms with Crippen LogP contribution in [0.3, 0.4) is 0 Å². The van der Waals surface area contributed by atoms with E-state index in [-0.39, 0.29) is 0 Å². The zero-order valence-electron chi connectivity index (χ0n) is 43.2. The molecule has 0 spiro atoms. The Balaban J connectivity index is 0.000000267. The zero-order valence-corrected chi connectivity index (χ0v) is 43.2. The molecule has 65 heavy (non-hydrogen) atoms. The predicted octanol–water partition coefficient (Wildman–Crippen LogP) is 17.1. The summed E-state index contributed by atoms with van der Waals surface area (Å²) >= 11 is 0. The van der Waals surface area contributed by atoms with Crippen molar-refractivity contribution < 1.29 is 4.74 Å². The number of hydrogen-bond acceptors (Lipinski definition) is 5. The molecule has 0 amide bonds. The Morgan fingerprint density at radius 1 is 0.415 bits per heavy atom. The largest absolute Gasteiger partial charge is 0.381 e. The molecule has 5 aromatic rings. The van der Waals surface area contributed by atoms with E-state index in [1.54, 1.807) is 0 Å². The Hall–Kier alpha value is -5.26. The van der Waals surface area contributed by atoms with Gasteiger partial charge in [-0.1, -0.05) is 114 Å². The van der Waals surface area contributed by atoms with E-state index in [0.717, 1.165) is 97.3 Å². The van der Waals surface area contributed by atoms with E-state index >= 15 is 0 Å². The summed E-state index contributed by atoms with van der Waals surface area (Å²) in [5.41, 5.74) is 26.3. The van der Waals surface area contributed by atoms with Crippen LogP contribution in [0.5, 0.6) is 0 Å². The maximum absolute atomic E-state index is 5.29. The molecule has 1 aliphatic rings. The van der Waals surface area contributed by atoms with E-state index < -0.39 is 0 Å². The van der Waals surface area contributed by atoms with Gasteiger partial charge in [-0.3, -0.25) is 20.0 Å². The van der Waals surface area contributed by atoms with Gasteiger partial charge in [-0.05, 0) is 198 Å². The van der Waals surface area contributed by atoms with Crippen molar-refractivity contribution in [3.05, 3.63) is 151 Å². The predicted molar refractivity (Wildman–Crippen MR) is 286 cm³/mol. The van der Waals surface area contributed by atoms with Crippen LogP contribution in [0.25, 0.3) is 0 Å². The van der Waals surface area contributed by atoms with Gasteiger partial charge < -0.3 is 4.74 Å². The van der Waals surface area contributed by atoms with Gasteiger partial charge in [0.1, 0.15) is 0 Å². The summed E-state index contributed by atoms with van der Waals surface area (Å²) in [5, 5.41) is 0. The molecule has 5 nitrogen and oxygen atoms in total. The quantitative estimate of drug-likeness (QED) is 0.0859. The lowest BCUT2D eigenvalue weighted by Gasteiger charge is -2.14. The molecular formula is C60H80N4O. The molecule has 0 atom stereocenters. The molecule has 0 radical (unpaired) electrons. The van der Waals surface area contributed by atoms with Crippen molar-refractivity contribution in [2.24, 2.45) is 20.0 Å². The van der Waals surface area contributed by atoms with E-state index in [9.17, 15) is 0 Å². The first-order valence-corrected chi connectivity index (χ1v) is 24.1. The molecular weight excluding hydrogens is 793 g/mol. The number of nitrogens with zero attached hydrogens (tertiary/aromatic N) is 4. The van der Waals surface area contributed by atoms with Crippen molar-refractivity contribution in [2.75, 3.05) is 13.2 Å². The van der Waals surface area contributed by atoms with Crippen molar-refractivity contribution >= 4 is 45.6 Å². The second-order valence-electron chi connectivity index (χ2n) is 18.6. The smallest absolute Gasteiger partial charge is 0.0692 e. The average molecular weight is 873 g/mol. The van der Waals surface area contributed by atoms with Crippen LogP contribution < -0.4 is 0 Å². The average Bonchev–Trinajstić information content (AvgIpc) is 3.83. The van der Waals surface area contributed by atoms with Crippen LogP contribution in [0.2, 0.25) is 0 Å². The van der Waals surface area contributed by atoms with Crippen molar-refractivity contribution in [1.82, 2.24) is 0 Å². The highest BCUT2D eigenvalue weighted by molar-refractivity contribution is 6.43. The van der Waals surface area contributed by atoms with Crippen LogP contribution in [0, 0.1) is 90.0 Å². The molecule has 0 aliphatic carbocycles. The SMILES string of the molecule is C1CCOC1.CCC(=Nc1c(C)cc(C)cc1C)C(C)=Nc1c(C)cc(C)cc1C.CCC(=Nc1c(C)cc(C)cc1C)C(CCCCc1ccc(C)cc1)=Nc1c(C)cc(C)cc1C. The fraction of sp³-hybridized carbons (Fsp3) is 0.433. The Labute approximate surface area is 394 Å². The maximum atomic E-state index is 5.29. The molecule has 5 heteroatoms.